The molecule has 0 bridgehead atoms. The van der Waals surface area contributed by atoms with E-state index in [1.807, 2.05) is 12.1 Å². The van der Waals surface area contributed by atoms with Crippen LogP contribution in [-0.4, -0.2) is 77.7 Å². The van der Waals surface area contributed by atoms with Crippen LogP contribution in [0.15, 0.2) is 30.5 Å². The summed E-state index contributed by atoms with van der Waals surface area (Å²) in [4.78, 5) is 27.5. The molecule has 5 atom stereocenters. The molecule has 1 aliphatic heterocycles. The number of anilines is 1. The monoisotopic (exact) mass is 603 g/mol. The van der Waals surface area contributed by atoms with Gasteiger partial charge in [0.25, 0.3) is 0 Å². The molecule has 3 heterocycles. The third kappa shape index (κ3) is 5.89. The number of sulfone groups is 1. The summed E-state index contributed by atoms with van der Waals surface area (Å²) in [6.45, 7) is 2.06. The largest absolute Gasteiger partial charge is 0.387 e. The van der Waals surface area contributed by atoms with Crippen molar-refractivity contribution < 1.29 is 37.7 Å². The Morgan fingerprint density at radius 3 is 2.68 bits per heavy atom. The second-order valence-corrected chi connectivity index (χ2v) is 15.4. The van der Waals surface area contributed by atoms with Gasteiger partial charge in [0.15, 0.2) is 27.2 Å². The summed E-state index contributed by atoms with van der Waals surface area (Å²) in [6, 6.07) is 8.15. The SMILES string of the molecule is CC1(C#Cc2nc(N[C@@H]3CCc4ccccc43)c3cnn([C@@H]4O[C@H](CS(=O)(=O)CP(=O)(O)O)[C@@H](O)[C@H]4O)c3n2)CC1. The van der Waals surface area contributed by atoms with Crippen LogP contribution in [0.2, 0.25) is 0 Å². The Bertz CT molecular complexity index is 1720. The Morgan fingerprint density at radius 2 is 1.95 bits per heavy atom. The summed E-state index contributed by atoms with van der Waals surface area (Å²) in [7, 11) is -9.20. The standard InChI is InChI=1S/C26H30N5O8PS/c1-26(10-11-26)9-8-20-29-23(28-18-7-6-15-4-2-3-5-16(15)18)17-12-27-31(24(17)30-20)25-22(33)21(32)19(39-25)13-41(37,38)14-40(34,35)36/h2-5,12,18-19,21-22,25,32-33H,6-7,10-11,13-14H2,1H3,(H,28,29,30)(H2,34,35,36)/t18-,19-,21-,22-,25-/m1/s1. The summed E-state index contributed by atoms with van der Waals surface area (Å²) in [5.74, 6) is 6.09. The molecule has 0 amide bonds. The fraction of sp³-hybridized carbons (Fsp3) is 0.500. The molecule has 15 heteroatoms. The van der Waals surface area contributed by atoms with Crippen LogP contribution in [0.5, 0.6) is 0 Å². The van der Waals surface area contributed by atoms with E-state index in [4.69, 9.17) is 14.5 Å². The minimum Gasteiger partial charge on any atom is -0.387 e. The molecule has 2 fully saturated rings. The fourth-order valence-electron chi connectivity index (χ4n) is 5.30. The van der Waals surface area contributed by atoms with Crippen LogP contribution < -0.4 is 5.32 Å². The van der Waals surface area contributed by atoms with Gasteiger partial charge in [-0.1, -0.05) is 30.2 Å². The number of hydrogen-bond acceptors (Lipinski definition) is 10. The average molecular weight is 604 g/mol. The highest BCUT2D eigenvalue weighted by Crippen LogP contribution is 2.44. The molecule has 13 nitrogen and oxygen atoms in total. The number of rotatable bonds is 7. The van der Waals surface area contributed by atoms with Gasteiger partial charge < -0.3 is 30.1 Å². The Kier molecular flexibility index (Phi) is 6.98. The number of aliphatic hydroxyl groups is 2. The Labute approximate surface area is 236 Å². The third-order valence-electron chi connectivity index (χ3n) is 7.73. The quantitative estimate of drug-likeness (QED) is 0.192. The van der Waals surface area contributed by atoms with E-state index < -0.39 is 53.2 Å². The first-order valence-electron chi connectivity index (χ1n) is 13.2. The first-order valence-corrected chi connectivity index (χ1v) is 16.8. The van der Waals surface area contributed by atoms with E-state index in [0.29, 0.717) is 11.2 Å². The van der Waals surface area contributed by atoms with E-state index >= 15 is 0 Å². The van der Waals surface area contributed by atoms with E-state index in [-0.39, 0.29) is 22.9 Å². The van der Waals surface area contributed by atoms with Gasteiger partial charge in [0.1, 0.15) is 24.1 Å². The molecule has 6 rings (SSSR count). The zero-order chi connectivity index (χ0) is 29.2. The van der Waals surface area contributed by atoms with Gasteiger partial charge in [-0.15, -0.1) is 0 Å². The van der Waals surface area contributed by atoms with Gasteiger partial charge in [-0.25, -0.2) is 23.1 Å². The van der Waals surface area contributed by atoms with Crippen LogP contribution in [0, 0.1) is 17.3 Å². The number of ether oxygens (including phenoxy) is 1. The summed E-state index contributed by atoms with van der Waals surface area (Å²) in [5.41, 5.74) is 1.20. The lowest BCUT2D eigenvalue weighted by Gasteiger charge is -2.17. The molecule has 0 unspecified atom stereocenters. The summed E-state index contributed by atoms with van der Waals surface area (Å²) >= 11 is 0. The molecule has 41 heavy (non-hydrogen) atoms. The van der Waals surface area contributed by atoms with Crippen molar-refractivity contribution in [1.29, 1.82) is 0 Å². The number of hydrogen-bond donors (Lipinski definition) is 5. The lowest BCUT2D eigenvalue weighted by atomic mass is 10.1. The first-order chi connectivity index (χ1) is 19.3. The average Bonchev–Trinajstić information content (AvgIpc) is 3.19. The van der Waals surface area contributed by atoms with E-state index in [0.717, 1.165) is 25.7 Å². The molecule has 2 aliphatic carbocycles. The summed E-state index contributed by atoms with van der Waals surface area (Å²) < 4.78 is 42.9. The number of aryl methyl sites for hydroxylation is 1. The van der Waals surface area contributed by atoms with Crippen molar-refractivity contribution in [3.63, 3.8) is 0 Å². The highest BCUT2D eigenvalue weighted by molar-refractivity contribution is 7.97. The molecule has 2 aromatic heterocycles. The minimum absolute atomic E-state index is 0.00633. The number of nitrogens with zero attached hydrogens (tertiary/aromatic N) is 4. The van der Waals surface area contributed by atoms with Gasteiger partial charge in [-0.05, 0) is 49.7 Å². The predicted octanol–water partition coefficient (Wildman–Crippen LogP) is 1.25. The Morgan fingerprint density at radius 1 is 1.20 bits per heavy atom. The fourth-order valence-corrected chi connectivity index (χ4v) is 8.55. The molecule has 0 spiro atoms. The van der Waals surface area contributed by atoms with Crippen molar-refractivity contribution in [3.8, 4) is 11.8 Å². The van der Waals surface area contributed by atoms with Gasteiger partial charge >= 0.3 is 7.60 Å². The van der Waals surface area contributed by atoms with Crippen LogP contribution in [0.4, 0.5) is 5.82 Å². The third-order valence-corrected chi connectivity index (χ3v) is 11.5. The first kappa shape index (κ1) is 28.2. The molecule has 3 aliphatic rings. The lowest BCUT2D eigenvalue weighted by Crippen LogP contribution is -2.36. The highest BCUT2D eigenvalue weighted by Gasteiger charge is 2.47. The molecule has 3 aromatic rings. The smallest absolute Gasteiger partial charge is 0.340 e. The zero-order valence-electron chi connectivity index (χ0n) is 22.1. The van der Waals surface area contributed by atoms with E-state index in [9.17, 15) is 23.2 Å². The van der Waals surface area contributed by atoms with Crippen LogP contribution in [-0.2, 0) is 25.6 Å². The molecule has 5 N–H and O–H groups in total. The zero-order valence-corrected chi connectivity index (χ0v) is 23.8. The van der Waals surface area contributed by atoms with Crippen molar-refractivity contribution >= 4 is 34.3 Å². The minimum atomic E-state index is -4.88. The van der Waals surface area contributed by atoms with Crippen LogP contribution in [0.3, 0.4) is 0 Å². The molecule has 1 saturated carbocycles. The van der Waals surface area contributed by atoms with Gasteiger partial charge in [0, 0.05) is 5.41 Å². The molecule has 0 radical (unpaired) electrons. The summed E-state index contributed by atoms with van der Waals surface area (Å²) in [6.07, 6.45) is -0.789. The Balaban J connectivity index is 1.35. The van der Waals surface area contributed by atoms with Gasteiger partial charge in [0.05, 0.1) is 23.4 Å². The second-order valence-electron chi connectivity index (χ2n) is 11.2. The van der Waals surface area contributed by atoms with Gasteiger partial charge in [-0.3, -0.25) is 4.57 Å². The van der Waals surface area contributed by atoms with Crippen molar-refractivity contribution in [2.45, 2.75) is 63.2 Å². The van der Waals surface area contributed by atoms with Crippen LogP contribution in [0.1, 0.15) is 55.4 Å². The molecular weight excluding hydrogens is 573 g/mol. The number of fused-ring (bicyclic) bond motifs is 2. The van der Waals surface area contributed by atoms with Crippen molar-refractivity contribution in [2.75, 3.05) is 16.6 Å². The topological polar surface area (TPSA) is 197 Å². The van der Waals surface area contributed by atoms with Gasteiger partial charge in [-0.2, -0.15) is 5.10 Å². The molecule has 1 saturated heterocycles. The van der Waals surface area contributed by atoms with Crippen molar-refractivity contribution in [2.24, 2.45) is 5.41 Å². The van der Waals surface area contributed by atoms with E-state index in [1.54, 1.807) is 0 Å². The van der Waals surface area contributed by atoms with Crippen LogP contribution >= 0.6 is 7.60 Å². The number of aliphatic hydroxyl groups excluding tert-OH is 2. The van der Waals surface area contributed by atoms with E-state index in [2.05, 4.69) is 51.3 Å². The second kappa shape index (κ2) is 10.1. The molecule has 218 valence electrons. The van der Waals surface area contributed by atoms with Crippen molar-refractivity contribution in [1.82, 2.24) is 19.7 Å². The summed E-state index contributed by atoms with van der Waals surface area (Å²) in [5, 5.41) is 29.8. The highest BCUT2D eigenvalue weighted by atomic mass is 32.2. The predicted molar refractivity (Wildman–Crippen MR) is 147 cm³/mol. The number of nitrogens with one attached hydrogen (secondary N) is 1. The maximum Gasteiger partial charge on any atom is 0.340 e. The molecular formula is C26H30N5O8PS. The Hall–Kier alpha value is -2.89. The molecule has 1 aromatic carbocycles. The number of benzene rings is 1. The van der Waals surface area contributed by atoms with Gasteiger partial charge in [0.2, 0.25) is 5.82 Å². The maximum atomic E-state index is 12.3. The van der Waals surface area contributed by atoms with Crippen molar-refractivity contribution in [3.05, 3.63) is 47.4 Å². The van der Waals surface area contributed by atoms with E-state index in [1.165, 1.54) is 22.0 Å². The number of aromatic nitrogens is 4. The van der Waals surface area contributed by atoms with Crippen LogP contribution in [0.25, 0.3) is 11.0 Å². The normalized spacial score (nSPS) is 26.9. The maximum absolute atomic E-state index is 12.3. The lowest BCUT2D eigenvalue weighted by molar-refractivity contribution is -0.0364.